The molecule has 0 amide bonds. The van der Waals surface area contributed by atoms with Crippen molar-refractivity contribution in [2.24, 2.45) is 16.7 Å². The summed E-state index contributed by atoms with van der Waals surface area (Å²) >= 11 is 0. The number of hydrogen-bond acceptors (Lipinski definition) is 4. The van der Waals surface area contributed by atoms with E-state index in [0.717, 1.165) is 12.8 Å². The van der Waals surface area contributed by atoms with E-state index in [4.69, 9.17) is 9.47 Å². The van der Waals surface area contributed by atoms with Crippen molar-refractivity contribution < 1.29 is 19.1 Å². The van der Waals surface area contributed by atoms with Crippen molar-refractivity contribution >= 4 is 11.9 Å². The zero-order chi connectivity index (χ0) is 26.4. The Morgan fingerprint density at radius 3 is 1.74 bits per heavy atom. The summed E-state index contributed by atoms with van der Waals surface area (Å²) in [5.41, 5.74) is -0.459. The van der Waals surface area contributed by atoms with Crippen LogP contribution in [-0.4, -0.2) is 23.1 Å². The number of hydrogen-bond donors (Lipinski definition) is 0. The highest BCUT2D eigenvalue weighted by Gasteiger charge is 2.60. The van der Waals surface area contributed by atoms with Crippen molar-refractivity contribution in [1.82, 2.24) is 0 Å². The average Bonchev–Trinajstić information content (AvgIpc) is 2.97. The predicted molar refractivity (Wildman–Crippen MR) is 141 cm³/mol. The summed E-state index contributed by atoms with van der Waals surface area (Å²) in [6.45, 7) is 25.7. The highest BCUT2D eigenvalue weighted by Crippen LogP contribution is 2.57. The minimum absolute atomic E-state index is 0.267. The molecule has 0 saturated heterocycles. The molecule has 0 radical (unpaired) electrons. The Labute approximate surface area is 208 Å². The minimum Gasteiger partial charge on any atom is -0.455 e. The van der Waals surface area contributed by atoms with Gasteiger partial charge in [-0.1, -0.05) is 50.3 Å². The van der Waals surface area contributed by atoms with Crippen LogP contribution in [-0.2, 0) is 19.1 Å². The maximum Gasteiger partial charge on any atom is 0.313 e. The molecule has 34 heavy (non-hydrogen) atoms. The number of esters is 2. The molecule has 4 atom stereocenters. The van der Waals surface area contributed by atoms with Crippen LogP contribution >= 0.6 is 0 Å². The van der Waals surface area contributed by atoms with Gasteiger partial charge in [-0.05, 0) is 105 Å². The third-order valence-corrected chi connectivity index (χ3v) is 7.87. The zero-order valence-corrected chi connectivity index (χ0v) is 23.2. The van der Waals surface area contributed by atoms with Crippen LogP contribution in [0.2, 0.25) is 0 Å². The van der Waals surface area contributed by atoms with E-state index < -0.39 is 27.9 Å². The number of carbonyl (C=O) groups excluding carboxylic acids is 2. The molecule has 192 valence electrons. The highest BCUT2D eigenvalue weighted by molar-refractivity contribution is 5.82. The quantitative estimate of drug-likeness (QED) is 0.214. The minimum atomic E-state index is -0.801. The third kappa shape index (κ3) is 7.20. The summed E-state index contributed by atoms with van der Waals surface area (Å²) in [4.78, 5) is 26.8. The standard InChI is InChI=1S/C30H48O4/c1-12-28(9,19-14-16-22(3)4)33-25(31)24-18-21-30(11,27(24,7)8)26(32)34-29(10,13-2)20-15-17-23(5)6/h12-13,16-17,24H,1-2,14-15,18-21H2,3-11H3/t24-,28?,29?,30+/m0/s1. The Morgan fingerprint density at radius 2 is 1.32 bits per heavy atom. The Balaban J connectivity index is 3.00. The normalized spacial score (nSPS) is 24.7. The van der Waals surface area contributed by atoms with E-state index in [1.165, 1.54) is 11.1 Å². The van der Waals surface area contributed by atoms with Crippen LogP contribution < -0.4 is 0 Å². The lowest BCUT2D eigenvalue weighted by Gasteiger charge is -2.41. The van der Waals surface area contributed by atoms with Crippen molar-refractivity contribution in [3.8, 4) is 0 Å². The topological polar surface area (TPSA) is 52.6 Å². The fourth-order valence-corrected chi connectivity index (χ4v) is 4.59. The first-order valence-electron chi connectivity index (χ1n) is 12.6. The molecule has 0 aromatic carbocycles. The Hall–Kier alpha value is -2.10. The number of allylic oxidation sites excluding steroid dienone is 4. The zero-order valence-electron chi connectivity index (χ0n) is 23.2. The first-order chi connectivity index (χ1) is 15.6. The molecule has 0 aliphatic heterocycles. The summed E-state index contributed by atoms with van der Waals surface area (Å²) in [5, 5.41) is 0. The summed E-state index contributed by atoms with van der Waals surface area (Å²) in [6, 6.07) is 0. The van der Waals surface area contributed by atoms with Gasteiger partial charge < -0.3 is 9.47 Å². The maximum atomic E-state index is 13.5. The SMILES string of the molecule is C=CC(C)(CCC=C(C)C)OC(=O)[C@@H]1CC[C@](C)(C(=O)OC(C)(C=C)CCC=C(C)C)C1(C)C. The fourth-order valence-electron chi connectivity index (χ4n) is 4.59. The smallest absolute Gasteiger partial charge is 0.313 e. The molecule has 0 spiro atoms. The largest absolute Gasteiger partial charge is 0.455 e. The molecular formula is C30H48O4. The van der Waals surface area contributed by atoms with Crippen molar-refractivity contribution in [2.45, 2.75) is 112 Å². The van der Waals surface area contributed by atoms with E-state index >= 15 is 0 Å². The van der Waals surface area contributed by atoms with Crippen molar-refractivity contribution in [1.29, 1.82) is 0 Å². The molecule has 1 saturated carbocycles. The van der Waals surface area contributed by atoms with Crippen LogP contribution in [0, 0.1) is 16.7 Å². The van der Waals surface area contributed by atoms with E-state index in [-0.39, 0.29) is 11.9 Å². The molecule has 1 fully saturated rings. The molecule has 1 aliphatic carbocycles. The lowest BCUT2D eigenvalue weighted by atomic mass is 9.65. The summed E-state index contributed by atoms with van der Waals surface area (Å²) in [7, 11) is 0. The molecule has 4 heteroatoms. The fraction of sp³-hybridized carbons (Fsp3) is 0.667. The van der Waals surface area contributed by atoms with Gasteiger partial charge >= 0.3 is 11.9 Å². The molecule has 0 N–H and O–H groups in total. The van der Waals surface area contributed by atoms with Crippen molar-refractivity contribution in [2.75, 3.05) is 0 Å². The van der Waals surface area contributed by atoms with E-state index in [2.05, 4.69) is 53.0 Å². The Morgan fingerprint density at radius 1 is 0.882 bits per heavy atom. The van der Waals surface area contributed by atoms with Gasteiger partial charge in [0.15, 0.2) is 0 Å². The summed E-state index contributed by atoms with van der Waals surface area (Å²) in [5.74, 6) is -0.938. The second-order valence-corrected chi connectivity index (χ2v) is 11.6. The van der Waals surface area contributed by atoms with Crippen LogP contribution in [0.25, 0.3) is 0 Å². The molecule has 1 aliphatic rings. The molecular weight excluding hydrogens is 424 g/mol. The summed E-state index contributed by atoms with van der Waals surface area (Å²) in [6.07, 6.45) is 11.8. The van der Waals surface area contributed by atoms with Crippen molar-refractivity contribution in [3.05, 3.63) is 48.6 Å². The molecule has 0 heterocycles. The second kappa shape index (κ2) is 11.6. The van der Waals surface area contributed by atoms with E-state index in [1.54, 1.807) is 12.2 Å². The molecule has 0 aromatic rings. The Kier molecular flexibility index (Phi) is 10.2. The molecule has 0 aromatic heterocycles. The van der Waals surface area contributed by atoms with Gasteiger partial charge in [0.1, 0.15) is 11.2 Å². The third-order valence-electron chi connectivity index (χ3n) is 7.87. The van der Waals surface area contributed by atoms with Gasteiger partial charge in [0.05, 0.1) is 11.3 Å². The van der Waals surface area contributed by atoms with E-state index in [1.807, 2.05) is 34.6 Å². The lowest BCUT2D eigenvalue weighted by molar-refractivity contribution is -0.176. The van der Waals surface area contributed by atoms with Crippen LogP contribution in [0.1, 0.15) is 101 Å². The van der Waals surface area contributed by atoms with Gasteiger partial charge in [-0.3, -0.25) is 9.59 Å². The van der Waals surface area contributed by atoms with Crippen molar-refractivity contribution in [3.63, 3.8) is 0 Å². The highest BCUT2D eigenvalue weighted by atomic mass is 16.6. The Bertz CT molecular complexity index is 825. The molecule has 0 bridgehead atoms. The van der Waals surface area contributed by atoms with E-state index in [0.29, 0.717) is 25.7 Å². The molecule has 1 rings (SSSR count). The van der Waals surface area contributed by atoms with Crippen LogP contribution in [0.3, 0.4) is 0 Å². The second-order valence-electron chi connectivity index (χ2n) is 11.6. The van der Waals surface area contributed by atoms with Gasteiger partial charge in [-0.2, -0.15) is 0 Å². The van der Waals surface area contributed by atoms with Gasteiger partial charge in [0, 0.05) is 0 Å². The van der Waals surface area contributed by atoms with Crippen LogP contribution in [0.4, 0.5) is 0 Å². The molecule has 4 nitrogen and oxygen atoms in total. The number of carbonyl (C=O) groups is 2. The monoisotopic (exact) mass is 472 g/mol. The summed E-state index contributed by atoms with van der Waals surface area (Å²) < 4.78 is 12.1. The predicted octanol–water partition coefficient (Wildman–Crippen LogP) is 7.90. The van der Waals surface area contributed by atoms with Gasteiger partial charge in [0.25, 0.3) is 0 Å². The first kappa shape index (κ1) is 29.9. The van der Waals surface area contributed by atoms with Gasteiger partial charge in [0.2, 0.25) is 0 Å². The lowest BCUT2D eigenvalue weighted by Crippen LogP contribution is -2.47. The number of ether oxygens (including phenoxy) is 2. The van der Waals surface area contributed by atoms with Gasteiger partial charge in [-0.15, -0.1) is 0 Å². The average molecular weight is 473 g/mol. The van der Waals surface area contributed by atoms with Gasteiger partial charge in [-0.25, -0.2) is 0 Å². The molecule has 2 unspecified atom stereocenters. The van der Waals surface area contributed by atoms with Crippen LogP contribution in [0.15, 0.2) is 48.6 Å². The maximum absolute atomic E-state index is 13.5. The van der Waals surface area contributed by atoms with Crippen LogP contribution in [0.5, 0.6) is 0 Å². The first-order valence-corrected chi connectivity index (χ1v) is 12.6. The van der Waals surface area contributed by atoms with E-state index in [9.17, 15) is 9.59 Å². The number of rotatable bonds is 12.